The summed E-state index contributed by atoms with van der Waals surface area (Å²) in [6, 6.07) is 20.7. The van der Waals surface area contributed by atoms with Crippen molar-refractivity contribution in [3.63, 3.8) is 0 Å². The standard InChI is InChI=1S/C35H30ClFN4O3S/c1-4-19-15-20-9-11-22(37)17-29(20)45-33(19)40-34(43)39-24-7-5-6-8-26(24)41-18-35(2,3)30-23(12-14-27(42)31(30)41)32-38-25-13-10-21(36)16-28(25)44-32/h5-14,16-17,42H,4,15,18H2,1-3H3,(H2,39,40,43). The molecule has 2 amide bonds. The Bertz CT molecular complexity index is 2040. The molecule has 2 aliphatic rings. The minimum atomic E-state index is -0.417. The number of halogens is 2. The molecular formula is C35H30ClFN4O3S. The number of aromatic nitrogens is 1. The molecular weight excluding hydrogens is 611 g/mol. The summed E-state index contributed by atoms with van der Waals surface area (Å²) in [5.41, 5.74) is 6.58. The minimum absolute atomic E-state index is 0.111. The van der Waals surface area contributed by atoms with Gasteiger partial charge in [-0.2, -0.15) is 0 Å². The normalized spacial score (nSPS) is 15.3. The topological polar surface area (TPSA) is 90.6 Å². The van der Waals surface area contributed by atoms with Crippen molar-refractivity contribution in [2.75, 3.05) is 16.8 Å². The maximum atomic E-state index is 14.0. The van der Waals surface area contributed by atoms with E-state index in [4.69, 9.17) is 21.0 Å². The molecule has 0 bridgehead atoms. The van der Waals surface area contributed by atoms with Crippen LogP contribution in [0.5, 0.6) is 5.75 Å². The van der Waals surface area contributed by atoms with Crippen LogP contribution in [0.1, 0.15) is 38.3 Å². The second-order valence-corrected chi connectivity index (χ2v) is 13.4. The van der Waals surface area contributed by atoms with Crippen molar-refractivity contribution < 1.29 is 18.7 Å². The maximum Gasteiger partial charge on any atom is 0.324 e. The molecule has 0 saturated heterocycles. The number of rotatable bonds is 5. The van der Waals surface area contributed by atoms with E-state index in [9.17, 15) is 14.3 Å². The number of aromatic hydroxyl groups is 1. The zero-order valence-corrected chi connectivity index (χ0v) is 26.4. The van der Waals surface area contributed by atoms with Gasteiger partial charge >= 0.3 is 6.03 Å². The summed E-state index contributed by atoms with van der Waals surface area (Å²) in [5, 5.41) is 18.5. The van der Waals surface area contributed by atoms with Crippen molar-refractivity contribution in [1.29, 1.82) is 0 Å². The zero-order valence-electron chi connectivity index (χ0n) is 24.9. The van der Waals surface area contributed by atoms with E-state index in [1.165, 1.54) is 23.9 Å². The van der Waals surface area contributed by atoms with Crippen LogP contribution >= 0.6 is 23.4 Å². The van der Waals surface area contributed by atoms with Gasteiger partial charge in [-0.3, -0.25) is 0 Å². The van der Waals surface area contributed by atoms with Crippen LogP contribution in [-0.4, -0.2) is 22.7 Å². The summed E-state index contributed by atoms with van der Waals surface area (Å²) < 4.78 is 20.1. The highest BCUT2D eigenvalue weighted by atomic mass is 35.5. The van der Waals surface area contributed by atoms with E-state index >= 15 is 0 Å². The van der Waals surface area contributed by atoms with Crippen molar-refractivity contribution in [2.45, 2.75) is 43.9 Å². The Hall–Kier alpha value is -4.47. The molecule has 4 aromatic carbocycles. The van der Waals surface area contributed by atoms with Gasteiger partial charge in [-0.1, -0.05) is 62.3 Å². The van der Waals surface area contributed by atoms with Crippen molar-refractivity contribution >= 4 is 57.6 Å². The highest BCUT2D eigenvalue weighted by Crippen LogP contribution is 2.53. The Balaban J connectivity index is 1.21. The third-order valence-electron chi connectivity index (χ3n) is 8.30. The Morgan fingerprint density at radius 2 is 1.93 bits per heavy atom. The third kappa shape index (κ3) is 5.30. The molecule has 0 spiro atoms. The molecule has 0 aliphatic carbocycles. The van der Waals surface area contributed by atoms with E-state index in [0.29, 0.717) is 51.4 Å². The van der Waals surface area contributed by atoms with E-state index in [-0.39, 0.29) is 11.6 Å². The average molecular weight is 641 g/mol. The van der Waals surface area contributed by atoms with Crippen molar-refractivity contribution in [2.24, 2.45) is 0 Å². The number of carbonyl (C=O) groups excluding carboxylic acids is 1. The van der Waals surface area contributed by atoms with E-state index in [1.54, 1.807) is 24.3 Å². The molecule has 0 radical (unpaired) electrons. The lowest BCUT2D eigenvalue weighted by atomic mass is 9.83. The molecule has 45 heavy (non-hydrogen) atoms. The molecule has 2 aliphatic heterocycles. The van der Waals surface area contributed by atoms with Gasteiger partial charge < -0.3 is 25.1 Å². The van der Waals surface area contributed by atoms with Crippen LogP contribution in [0.2, 0.25) is 5.02 Å². The molecule has 3 heterocycles. The second kappa shape index (κ2) is 11.2. The van der Waals surface area contributed by atoms with Crippen LogP contribution in [0.3, 0.4) is 0 Å². The number of hydrogen-bond acceptors (Lipinski definition) is 6. The summed E-state index contributed by atoms with van der Waals surface area (Å²) in [7, 11) is 0. The lowest BCUT2D eigenvalue weighted by molar-refractivity contribution is 0.254. The van der Waals surface area contributed by atoms with E-state index < -0.39 is 11.4 Å². The Kier molecular flexibility index (Phi) is 7.25. The zero-order chi connectivity index (χ0) is 31.5. The number of benzene rings is 4. The van der Waals surface area contributed by atoms with Gasteiger partial charge in [0.2, 0.25) is 5.89 Å². The number of fused-ring (bicyclic) bond motifs is 3. The number of oxazole rings is 1. The van der Waals surface area contributed by atoms with Gasteiger partial charge in [0.1, 0.15) is 17.1 Å². The molecule has 7 nitrogen and oxygen atoms in total. The number of phenols is 1. The molecule has 5 aromatic rings. The van der Waals surface area contributed by atoms with Gasteiger partial charge in [-0.25, -0.2) is 14.2 Å². The SMILES string of the molecule is CCC1=C(NC(=O)Nc2ccccc2N2CC(C)(C)c3c(-c4nc5ccc(Cl)cc5o4)ccc(O)c32)Sc2cc(F)ccc2C1. The van der Waals surface area contributed by atoms with E-state index in [2.05, 4.69) is 24.5 Å². The second-order valence-electron chi connectivity index (χ2n) is 11.9. The first kappa shape index (κ1) is 29.3. The van der Waals surface area contributed by atoms with Crippen molar-refractivity contribution in [3.05, 3.63) is 105 Å². The number of anilines is 3. The van der Waals surface area contributed by atoms with Gasteiger partial charge in [0.15, 0.2) is 5.58 Å². The van der Waals surface area contributed by atoms with Gasteiger partial charge in [-0.15, -0.1) is 0 Å². The minimum Gasteiger partial charge on any atom is -0.506 e. The van der Waals surface area contributed by atoms with E-state index in [0.717, 1.165) is 39.3 Å². The Morgan fingerprint density at radius 1 is 1.11 bits per heavy atom. The van der Waals surface area contributed by atoms with Gasteiger partial charge in [0.25, 0.3) is 0 Å². The third-order valence-corrected chi connectivity index (χ3v) is 9.73. The Labute approximate surface area is 269 Å². The molecule has 3 N–H and O–H groups in total. The van der Waals surface area contributed by atoms with Gasteiger partial charge in [0, 0.05) is 33.5 Å². The summed E-state index contributed by atoms with van der Waals surface area (Å²) in [6.45, 7) is 6.79. The molecule has 7 rings (SSSR count). The van der Waals surface area contributed by atoms with Gasteiger partial charge in [0.05, 0.1) is 22.1 Å². The molecule has 0 saturated carbocycles. The number of hydrogen-bond donors (Lipinski definition) is 3. The summed E-state index contributed by atoms with van der Waals surface area (Å²) in [6.07, 6.45) is 1.41. The smallest absolute Gasteiger partial charge is 0.324 e. The first-order valence-electron chi connectivity index (χ1n) is 14.7. The van der Waals surface area contributed by atoms with Crippen LogP contribution in [0.4, 0.5) is 26.2 Å². The van der Waals surface area contributed by atoms with Crippen molar-refractivity contribution in [1.82, 2.24) is 10.3 Å². The number of amides is 2. The number of phenolic OH excluding ortho intramolecular Hbond substituents is 1. The summed E-state index contributed by atoms with van der Waals surface area (Å²) >= 11 is 7.56. The van der Waals surface area contributed by atoms with Crippen LogP contribution in [0.25, 0.3) is 22.6 Å². The molecule has 10 heteroatoms. The number of carbonyl (C=O) groups is 1. The highest BCUT2D eigenvalue weighted by Gasteiger charge is 2.41. The molecule has 0 fully saturated rings. The van der Waals surface area contributed by atoms with Crippen LogP contribution in [0, 0.1) is 5.82 Å². The van der Waals surface area contributed by atoms with E-state index in [1.807, 2.05) is 48.2 Å². The predicted molar refractivity (Wildman–Crippen MR) is 178 cm³/mol. The quantitative estimate of drug-likeness (QED) is 0.177. The fraction of sp³-hybridized carbons (Fsp3) is 0.200. The fourth-order valence-corrected chi connectivity index (χ4v) is 7.55. The Morgan fingerprint density at radius 3 is 2.76 bits per heavy atom. The predicted octanol–water partition coefficient (Wildman–Crippen LogP) is 9.51. The van der Waals surface area contributed by atoms with Crippen molar-refractivity contribution in [3.8, 4) is 17.2 Å². The number of nitrogens with zero attached hydrogens (tertiary/aromatic N) is 2. The average Bonchev–Trinajstić information content (AvgIpc) is 3.55. The van der Waals surface area contributed by atoms with Gasteiger partial charge in [-0.05, 0) is 78.1 Å². The summed E-state index contributed by atoms with van der Waals surface area (Å²) in [4.78, 5) is 21.0. The maximum absolute atomic E-state index is 14.0. The summed E-state index contributed by atoms with van der Waals surface area (Å²) in [5.74, 6) is 0.246. The molecule has 0 atom stereocenters. The molecule has 0 unspecified atom stereocenters. The van der Waals surface area contributed by atoms with Crippen LogP contribution in [0.15, 0.2) is 92.7 Å². The number of nitrogens with one attached hydrogen (secondary N) is 2. The largest absolute Gasteiger partial charge is 0.506 e. The number of para-hydroxylation sites is 2. The van der Waals surface area contributed by atoms with Crippen LogP contribution < -0.4 is 15.5 Å². The number of thioether (sulfide) groups is 1. The lowest BCUT2D eigenvalue weighted by Crippen LogP contribution is -2.30. The highest BCUT2D eigenvalue weighted by molar-refractivity contribution is 8.03. The lowest BCUT2D eigenvalue weighted by Gasteiger charge is -2.26. The number of allylic oxidation sites excluding steroid dienone is 1. The first-order valence-corrected chi connectivity index (χ1v) is 15.9. The first-order chi connectivity index (χ1) is 21.6. The number of urea groups is 1. The molecule has 1 aromatic heterocycles. The van der Waals surface area contributed by atoms with Crippen LogP contribution in [-0.2, 0) is 11.8 Å². The fourth-order valence-electron chi connectivity index (χ4n) is 6.22. The molecule has 228 valence electrons. The monoisotopic (exact) mass is 640 g/mol.